The van der Waals surface area contributed by atoms with E-state index in [2.05, 4.69) is 17.2 Å². The van der Waals surface area contributed by atoms with Crippen LogP contribution in [0.3, 0.4) is 0 Å². The summed E-state index contributed by atoms with van der Waals surface area (Å²) in [5.74, 6) is 0.268. The first-order valence-electron chi connectivity index (χ1n) is 7.48. The number of carbonyl (C=O) groups excluding carboxylic acids is 1. The molecule has 0 bridgehead atoms. The van der Waals surface area contributed by atoms with E-state index in [1.54, 1.807) is 0 Å². The van der Waals surface area contributed by atoms with Crippen molar-refractivity contribution < 1.29 is 4.79 Å². The molecule has 1 amide bonds. The fourth-order valence-electron chi connectivity index (χ4n) is 2.78. The van der Waals surface area contributed by atoms with Gasteiger partial charge in [-0.3, -0.25) is 9.78 Å². The Hall–Kier alpha value is -1.42. The third-order valence-electron chi connectivity index (χ3n) is 4.19. The summed E-state index contributed by atoms with van der Waals surface area (Å²) in [7, 11) is 0. The van der Waals surface area contributed by atoms with Crippen LogP contribution in [0, 0.1) is 12.3 Å². The molecule has 1 aliphatic rings. The molecule has 20 heavy (non-hydrogen) atoms. The third-order valence-corrected chi connectivity index (χ3v) is 4.19. The van der Waals surface area contributed by atoms with E-state index in [1.807, 2.05) is 36.9 Å². The second-order valence-electron chi connectivity index (χ2n) is 5.90. The van der Waals surface area contributed by atoms with Gasteiger partial charge in [0.25, 0.3) is 0 Å². The van der Waals surface area contributed by atoms with E-state index in [1.165, 1.54) is 0 Å². The molecule has 1 aliphatic heterocycles. The summed E-state index contributed by atoms with van der Waals surface area (Å²) in [6, 6.07) is 5.98. The molecule has 0 aliphatic carbocycles. The maximum Gasteiger partial charge on any atom is 0.228 e. The molecule has 2 rings (SSSR count). The normalized spacial score (nSPS) is 17.8. The monoisotopic (exact) mass is 275 g/mol. The van der Waals surface area contributed by atoms with E-state index < -0.39 is 0 Å². The Kier molecular flexibility index (Phi) is 4.76. The van der Waals surface area contributed by atoms with Crippen LogP contribution in [0.4, 0.5) is 0 Å². The van der Waals surface area contributed by atoms with Crippen LogP contribution in [0.15, 0.2) is 18.2 Å². The molecule has 1 aromatic rings. The maximum atomic E-state index is 12.8. The van der Waals surface area contributed by atoms with Gasteiger partial charge in [-0.05, 0) is 51.9 Å². The van der Waals surface area contributed by atoms with Crippen LogP contribution < -0.4 is 5.32 Å². The predicted octanol–water partition coefficient (Wildman–Crippen LogP) is 2.13. The van der Waals surface area contributed by atoms with E-state index in [0.717, 1.165) is 43.9 Å². The fourth-order valence-corrected chi connectivity index (χ4v) is 2.78. The molecule has 1 N–H and O–H groups in total. The van der Waals surface area contributed by atoms with Crippen LogP contribution in [-0.4, -0.2) is 35.4 Å². The van der Waals surface area contributed by atoms with Gasteiger partial charge in [-0.2, -0.15) is 0 Å². The largest absolute Gasteiger partial charge is 0.337 e. The summed E-state index contributed by atoms with van der Waals surface area (Å²) in [4.78, 5) is 19.3. The molecule has 0 spiro atoms. The van der Waals surface area contributed by atoms with Crippen LogP contribution in [0.5, 0.6) is 0 Å². The zero-order chi connectivity index (χ0) is 14.6. The molecule has 0 unspecified atom stereocenters. The Balaban J connectivity index is 2.09. The van der Waals surface area contributed by atoms with Crippen molar-refractivity contribution in [3.8, 4) is 0 Å². The molecule has 0 saturated carbocycles. The van der Waals surface area contributed by atoms with E-state index in [-0.39, 0.29) is 11.3 Å². The Morgan fingerprint density at radius 2 is 2.10 bits per heavy atom. The van der Waals surface area contributed by atoms with Gasteiger partial charge in [-0.25, -0.2) is 0 Å². The number of carbonyl (C=O) groups is 1. The second-order valence-corrected chi connectivity index (χ2v) is 5.90. The summed E-state index contributed by atoms with van der Waals surface area (Å²) in [6.07, 6.45) is 1.84. The van der Waals surface area contributed by atoms with Gasteiger partial charge < -0.3 is 10.2 Å². The number of amides is 1. The highest BCUT2D eigenvalue weighted by molar-refractivity contribution is 5.82. The molecule has 4 heteroatoms. The Morgan fingerprint density at radius 3 is 2.70 bits per heavy atom. The number of hydrogen-bond donors (Lipinski definition) is 1. The maximum absolute atomic E-state index is 12.8. The van der Waals surface area contributed by atoms with Crippen molar-refractivity contribution in [2.75, 3.05) is 19.6 Å². The van der Waals surface area contributed by atoms with E-state index in [0.29, 0.717) is 6.54 Å². The first-order valence-corrected chi connectivity index (χ1v) is 7.48. The number of pyridine rings is 1. The molecule has 0 atom stereocenters. The quantitative estimate of drug-likeness (QED) is 0.915. The van der Waals surface area contributed by atoms with Gasteiger partial charge in [0, 0.05) is 17.7 Å². The van der Waals surface area contributed by atoms with Crippen LogP contribution in [0.25, 0.3) is 0 Å². The first-order chi connectivity index (χ1) is 9.55. The van der Waals surface area contributed by atoms with Crippen LogP contribution in [-0.2, 0) is 11.3 Å². The number of piperidine rings is 1. The molecule has 0 radical (unpaired) electrons. The number of nitrogens with zero attached hydrogens (tertiary/aromatic N) is 2. The molecule has 1 saturated heterocycles. The highest BCUT2D eigenvalue weighted by Crippen LogP contribution is 2.30. The summed E-state index contributed by atoms with van der Waals surface area (Å²) < 4.78 is 0. The van der Waals surface area contributed by atoms with Crippen molar-refractivity contribution in [3.05, 3.63) is 29.6 Å². The van der Waals surface area contributed by atoms with Crippen LogP contribution >= 0.6 is 0 Å². The highest BCUT2D eigenvalue weighted by atomic mass is 16.2. The molecule has 1 fully saturated rings. The first kappa shape index (κ1) is 15.0. The zero-order valence-corrected chi connectivity index (χ0v) is 12.8. The van der Waals surface area contributed by atoms with E-state index >= 15 is 0 Å². The standard InChI is InChI=1S/C16H25N3O/c1-4-19(12-14-7-5-6-13(2)18-14)15(20)16(3)8-10-17-11-9-16/h5-7,17H,4,8-12H2,1-3H3. The number of rotatable bonds is 4. The Morgan fingerprint density at radius 1 is 1.40 bits per heavy atom. The molecule has 0 aromatic carbocycles. The van der Waals surface area contributed by atoms with E-state index in [9.17, 15) is 4.79 Å². The molecule has 2 heterocycles. The molecular formula is C16H25N3O. The molecule has 4 nitrogen and oxygen atoms in total. The lowest BCUT2D eigenvalue weighted by Crippen LogP contribution is -2.47. The van der Waals surface area contributed by atoms with Gasteiger partial charge >= 0.3 is 0 Å². The average Bonchev–Trinajstić information content (AvgIpc) is 2.45. The fraction of sp³-hybridized carbons (Fsp3) is 0.625. The van der Waals surface area contributed by atoms with Gasteiger partial charge in [-0.15, -0.1) is 0 Å². The van der Waals surface area contributed by atoms with Crippen LogP contribution in [0.1, 0.15) is 38.1 Å². The highest BCUT2D eigenvalue weighted by Gasteiger charge is 2.37. The summed E-state index contributed by atoms with van der Waals surface area (Å²) >= 11 is 0. The summed E-state index contributed by atoms with van der Waals surface area (Å²) in [5, 5.41) is 3.33. The lowest BCUT2D eigenvalue weighted by atomic mass is 9.79. The Labute approximate surface area is 121 Å². The second kappa shape index (κ2) is 6.35. The lowest BCUT2D eigenvalue weighted by molar-refractivity contribution is -0.143. The zero-order valence-electron chi connectivity index (χ0n) is 12.8. The van der Waals surface area contributed by atoms with Crippen molar-refractivity contribution in [1.82, 2.24) is 15.2 Å². The van der Waals surface area contributed by atoms with Gasteiger partial charge in [0.15, 0.2) is 0 Å². The Bertz CT molecular complexity index is 467. The topological polar surface area (TPSA) is 45.2 Å². The molecule has 110 valence electrons. The minimum Gasteiger partial charge on any atom is -0.337 e. The number of aromatic nitrogens is 1. The van der Waals surface area contributed by atoms with Gasteiger partial charge in [0.05, 0.1) is 12.2 Å². The van der Waals surface area contributed by atoms with Crippen molar-refractivity contribution in [2.24, 2.45) is 5.41 Å². The third kappa shape index (κ3) is 3.37. The van der Waals surface area contributed by atoms with Gasteiger partial charge in [0.1, 0.15) is 0 Å². The van der Waals surface area contributed by atoms with Crippen molar-refractivity contribution in [1.29, 1.82) is 0 Å². The number of nitrogens with one attached hydrogen (secondary N) is 1. The number of hydrogen-bond acceptors (Lipinski definition) is 3. The van der Waals surface area contributed by atoms with E-state index in [4.69, 9.17) is 0 Å². The molecular weight excluding hydrogens is 250 g/mol. The minimum absolute atomic E-state index is 0.217. The average molecular weight is 275 g/mol. The minimum atomic E-state index is -0.217. The SMILES string of the molecule is CCN(Cc1cccc(C)n1)C(=O)C1(C)CCNCC1. The molecule has 1 aromatic heterocycles. The smallest absolute Gasteiger partial charge is 0.228 e. The lowest BCUT2D eigenvalue weighted by Gasteiger charge is -2.37. The summed E-state index contributed by atoms with van der Waals surface area (Å²) in [6.45, 7) is 9.33. The van der Waals surface area contributed by atoms with Gasteiger partial charge in [-0.1, -0.05) is 13.0 Å². The van der Waals surface area contributed by atoms with Gasteiger partial charge in [0.2, 0.25) is 5.91 Å². The van der Waals surface area contributed by atoms with Crippen molar-refractivity contribution >= 4 is 5.91 Å². The summed E-state index contributed by atoms with van der Waals surface area (Å²) in [5.41, 5.74) is 1.75. The van der Waals surface area contributed by atoms with Crippen LogP contribution in [0.2, 0.25) is 0 Å². The van der Waals surface area contributed by atoms with Crippen molar-refractivity contribution in [3.63, 3.8) is 0 Å². The predicted molar refractivity (Wildman–Crippen MR) is 80.3 cm³/mol. The van der Waals surface area contributed by atoms with Crippen molar-refractivity contribution in [2.45, 2.75) is 40.2 Å². The number of aryl methyl sites for hydroxylation is 1.